The van der Waals surface area contributed by atoms with Crippen LogP contribution in [0.1, 0.15) is 10.4 Å². The lowest BCUT2D eigenvalue weighted by molar-refractivity contribution is -0.140. The van der Waals surface area contributed by atoms with Gasteiger partial charge in [0.25, 0.3) is 5.91 Å². The number of hydrogen-bond donors (Lipinski definition) is 2. The summed E-state index contributed by atoms with van der Waals surface area (Å²) in [4.78, 5) is 33.9. The molecule has 0 aliphatic rings. The van der Waals surface area contributed by atoms with E-state index in [2.05, 4.69) is 0 Å². The summed E-state index contributed by atoms with van der Waals surface area (Å²) in [6, 6.07) is 3.35. The molecule has 0 heterocycles. The molecule has 1 aromatic carbocycles. The first kappa shape index (κ1) is 15.3. The van der Waals surface area contributed by atoms with E-state index in [0.717, 1.165) is 12.1 Å². The summed E-state index contributed by atoms with van der Waals surface area (Å²) in [7, 11) is 0. The summed E-state index contributed by atoms with van der Waals surface area (Å²) in [5, 5.41) is 17.3. The number of nitrogens with zero attached hydrogens (tertiary/aromatic N) is 1. The van der Waals surface area contributed by atoms with Crippen LogP contribution in [0.2, 0.25) is 0 Å². The second kappa shape index (κ2) is 6.45. The van der Waals surface area contributed by atoms with E-state index >= 15 is 0 Å². The van der Waals surface area contributed by atoms with Gasteiger partial charge in [0, 0.05) is 3.57 Å². The molecule has 0 spiro atoms. The Hall–Kier alpha value is -1.71. The molecule has 19 heavy (non-hydrogen) atoms. The molecular formula is C11H9FINO5. The standard InChI is InChI=1S/C11H9FINO5/c12-6-1-2-7(8(13)3-6)11(19)14(4-9(15)16)5-10(17)18/h1-3H,4-5H2,(H,15,16)(H,17,18). The maximum absolute atomic E-state index is 12.9. The number of hydrogen-bond acceptors (Lipinski definition) is 3. The van der Waals surface area contributed by atoms with Gasteiger partial charge in [0.1, 0.15) is 18.9 Å². The minimum absolute atomic E-state index is 0.0597. The van der Waals surface area contributed by atoms with Crippen LogP contribution in [-0.4, -0.2) is 46.0 Å². The molecule has 1 amide bonds. The zero-order valence-electron chi connectivity index (χ0n) is 9.47. The average molecular weight is 381 g/mol. The van der Waals surface area contributed by atoms with Crippen molar-refractivity contribution in [2.24, 2.45) is 0 Å². The van der Waals surface area contributed by atoms with Gasteiger partial charge < -0.3 is 15.1 Å². The van der Waals surface area contributed by atoms with Gasteiger partial charge in [-0.25, -0.2) is 4.39 Å². The van der Waals surface area contributed by atoms with Crippen LogP contribution in [0.4, 0.5) is 4.39 Å². The quantitative estimate of drug-likeness (QED) is 0.744. The summed E-state index contributed by atoms with van der Waals surface area (Å²) < 4.78 is 13.2. The van der Waals surface area contributed by atoms with Crippen LogP contribution in [0.25, 0.3) is 0 Å². The SMILES string of the molecule is O=C(O)CN(CC(=O)O)C(=O)c1ccc(F)cc1I. The lowest BCUT2D eigenvalue weighted by atomic mass is 10.2. The maximum atomic E-state index is 12.9. The number of rotatable bonds is 5. The minimum Gasteiger partial charge on any atom is -0.480 e. The Labute approximate surface area is 121 Å². The van der Waals surface area contributed by atoms with Crippen LogP contribution in [0.15, 0.2) is 18.2 Å². The topological polar surface area (TPSA) is 94.9 Å². The smallest absolute Gasteiger partial charge is 0.323 e. The van der Waals surface area contributed by atoms with Crippen molar-refractivity contribution < 1.29 is 29.0 Å². The Bertz CT molecular complexity index is 518. The fourth-order valence-corrected chi connectivity index (χ4v) is 2.07. The molecule has 1 rings (SSSR count). The summed E-state index contributed by atoms with van der Waals surface area (Å²) in [6.45, 7) is -1.48. The van der Waals surface area contributed by atoms with Gasteiger partial charge in [-0.3, -0.25) is 14.4 Å². The predicted molar refractivity (Wildman–Crippen MR) is 70.3 cm³/mol. The fraction of sp³-hybridized carbons (Fsp3) is 0.182. The van der Waals surface area contributed by atoms with Crippen molar-refractivity contribution in [3.63, 3.8) is 0 Å². The number of benzene rings is 1. The van der Waals surface area contributed by atoms with E-state index in [-0.39, 0.29) is 9.13 Å². The third-order valence-corrected chi connectivity index (χ3v) is 2.99. The largest absolute Gasteiger partial charge is 0.480 e. The van der Waals surface area contributed by atoms with Crippen LogP contribution in [-0.2, 0) is 9.59 Å². The number of carboxylic acid groups (broad SMARTS) is 2. The lowest BCUT2D eigenvalue weighted by Gasteiger charge is -2.19. The van der Waals surface area contributed by atoms with E-state index in [4.69, 9.17) is 10.2 Å². The van der Waals surface area contributed by atoms with Crippen molar-refractivity contribution in [1.82, 2.24) is 4.90 Å². The highest BCUT2D eigenvalue weighted by atomic mass is 127. The zero-order valence-corrected chi connectivity index (χ0v) is 11.6. The van der Waals surface area contributed by atoms with Gasteiger partial charge in [-0.05, 0) is 40.8 Å². The molecule has 0 unspecified atom stereocenters. The molecule has 0 saturated carbocycles. The summed E-state index contributed by atoms with van der Waals surface area (Å²) in [5.41, 5.74) is 0.0597. The number of carboxylic acids is 2. The molecule has 102 valence electrons. The molecule has 2 N–H and O–H groups in total. The van der Waals surface area contributed by atoms with E-state index in [1.807, 2.05) is 0 Å². The molecular weight excluding hydrogens is 372 g/mol. The van der Waals surface area contributed by atoms with Crippen molar-refractivity contribution in [2.45, 2.75) is 0 Å². The molecule has 0 bridgehead atoms. The Morgan fingerprint density at radius 2 is 1.68 bits per heavy atom. The normalized spacial score (nSPS) is 10.0. The first-order valence-corrected chi connectivity index (χ1v) is 6.07. The van der Waals surface area contributed by atoms with E-state index in [9.17, 15) is 18.8 Å². The fourth-order valence-electron chi connectivity index (χ4n) is 1.36. The number of carbonyl (C=O) groups is 3. The minimum atomic E-state index is -1.33. The Morgan fingerprint density at radius 3 is 2.11 bits per heavy atom. The highest BCUT2D eigenvalue weighted by Crippen LogP contribution is 2.16. The third kappa shape index (κ3) is 4.47. The highest BCUT2D eigenvalue weighted by molar-refractivity contribution is 14.1. The molecule has 0 aliphatic heterocycles. The van der Waals surface area contributed by atoms with Gasteiger partial charge in [0.2, 0.25) is 0 Å². The number of halogens is 2. The number of aliphatic carboxylic acids is 2. The molecule has 0 radical (unpaired) electrons. The van der Waals surface area contributed by atoms with Gasteiger partial charge in [-0.15, -0.1) is 0 Å². The second-order valence-electron chi connectivity index (χ2n) is 3.57. The summed E-state index contributed by atoms with van der Waals surface area (Å²) in [6.07, 6.45) is 0. The van der Waals surface area contributed by atoms with Crippen LogP contribution in [0, 0.1) is 9.39 Å². The molecule has 8 heteroatoms. The van der Waals surface area contributed by atoms with Crippen LogP contribution >= 0.6 is 22.6 Å². The molecule has 0 fully saturated rings. The van der Waals surface area contributed by atoms with Gasteiger partial charge in [0.15, 0.2) is 0 Å². The molecule has 0 saturated heterocycles. The molecule has 0 aliphatic carbocycles. The lowest BCUT2D eigenvalue weighted by Crippen LogP contribution is -2.39. The monoisotopic (exact) mass is 381 g/mol. The third-order valence-electron chi connectivity index (χ3n) is 2.10. The molecule has 6 nitrogen and oxygen atoms in total. The van der Waals surface area contributed by atoms with E-state index < -0.39 is 36.8 Å². The van der Waals surface area contributed by atoms with Gasteiger partial charge in [-0.1, -0.05) is 0 Å². The number of amides is 1. The second-order valence-corrected chi connectivity index (χ2v) is 4.74. The maximum Gasteiger partial charge on any atom is 0.323 e. The van der Waals surface area contributed by atoms with Crippen molar-refractivity contribution in [1.29, 1.82) is 0 Å². The molecule has 1 aromatic rings. The Balaban J connectivity index is 3.04. The average Bonchev–Trinajstić information content (AvgIpc) is 2.26. The Morgan fingerprint density at radius 1 is 1.16 bits per heavy atom. The van der Waals surface area contributed by atoms with Crippen LogP contribution < -0.4 is 0 Å². The van der Waals surface area contributed by atoms with Gasteiger partial charge in [0.05, 0.1) is 5.56 Å². The van der Waals surface area contributed by atoms with Crippen molar-refractivity contribution in [2.75, 3.05) is 13.1 Å². The number of carbonyl (C=O) groups excluding carboxylic acids is 1. The Kier molecular flexibility index (Phi) is 5.21. The van der Waals surface area contributed by atoms with Gasteiger partial charge >= 0.3 is 11.9 Å². The van der Waals surface area contributed by atoms with Crippen molar-refractivity contribution in [3.8, 4) is 0 Å². The molecule has 0 aromatic heterocycles. The summed E-state index contributed by atoms with van der Waals surface area (Å²) in [5.74, 6) is -3.96. The van der Waals surface area contributed by atoms with Crippen LogP contribution in [0.5, 0.6) is 0 Å². The first-order valence-electron chi connectivity index (χ1n) is 4.99. The van der Waals surface area contributed by atoms with Crippen LogP contribution in [0.3, 0.4) is 0 Å². The summed E-state index contributed by atoms with van der Waals surface area (Å²) >= 11 is 1.72. The van der Waals surface area contributed by atoms with Crippen molar-refractivity contribution in [3.05, 3.63) is 33.1 Å². The van der Waals surface area contributed by atoms with E-state index in [0.29, 0.717) is 4.90 Å². The van der Waals surface area contributed by atoms with E-state index in [1.165, 1.54) is 6.07 Å². The molecule has 0 atom stereocenters. The van der Waals surface area contributed by atoms with Gasteiger partial charge in [-0.2, -0.15) is 0 Å². The predicted octanol–water partition coefficient (Wildman–Crippen LogP) is 1.04. The van der Waals surface area contributed by atoms with Crippen molar-refractivity contribution >= 4 is 40.4 Å². The highest BCUT2D eigenvalue weighted by Gasteiger charge is 2.22. The zero-order chi connectivity index (χ0) is 14.6. The van der Waals surface area contributed by atoms with E-state index in [1.54, 1.807) is 22.6 Å². The first-order chi connectivity index (χ1) is 8.81.